The van der Waals surface area contributed by atoms with Crippen LogP contribution in [0.15, 0.2) is 11.8 Å². The second-order valence-corrected chi connectivity index (χ2v) is 8.94. The van der Waals surface area contributed by atoms with E-state index < -0.39 is 11.4 Å². The Labute approximate surface area is 148 Å². The number of amides is 1. The van der Waals surface area contributed by atoms with Crippen molar-refractivity contribution in [2.45, 2.75) is 63.5 Å². The molecule has 0 aliphatic heterocycles. The number of unbranched alkanes of at least 4 members (excludes halogenated alkanes) is 1. The first-order valence-electron chi connectivity index (χ1n) is 7.99. The molecule has 0 saturated heterocycles. The fraction of sp³-hybridized carbons (Fsp3) is 0.812. The molecule has 2 unspecified atom stereocenters. The highest BCUT2D eigenvalue weighted by Gasteiger charge is 2.25. The van der Waals surface area contributed by atoms with Gasteiger partial charge in [-0.05, 0) is 46.1 Å². The van der Waals surface area contributed by atoms with Crippen LogP contribution in [0.25, 0.3) is 0 Å². The van der Waals surface area contributed by atoms with Crippen LogP contribution in [0, 0.1) is 0 Å². The van der Waals surface area contributed by atoms with Gasteiger partial charge in [-0.25, -0.2) is 0 Å². The maximum atomic E-state index is 11.9. The van der Waals surface area contributed by atoms with Gasteiger partial charge in [-0.15, -0.1) is 16.3 Å². The molecule has 2 atom stereocenters. The zero-order chi connectivity index (χ0) is 17.9. The van der Waals surface area contributed by atoms with Crippen molar-refractivity contribution < 1.29 is 14.1 Å². The van der Waals surface area contributed by atoms with E-state index >= 15 is 0 Å². The largest absolute Gasteiger partial charge is 0.598 e. The Morgan fingerprint density at radius 1 is 1.39 bits per heavy atom. The Bertz CT molecular complexity index is 373. The van der Waals surface area contributed by atoms with Gasteiger partial charge in [0, 0.05) is 37.1 Å². The van der Waals surface area contributed by atoms with Crippen LogP contribution in [0.4, 0.5) is 0 Å². The normalized spacial score (nSPS) is 15.3. The molecule has 5 nitrogen and oxygen atoms in total. The minimum atomic E-state index is -1.06. The minimum absolute atomic E-state index is 0.0507. The third-order valence-electron chi connectivity index (χ3n) is 2.99. The van der Waals surface area contributed by atoms with Gasteiger partial charge >= 0.3 is 0 Å². The highest BCUT2D eigenvalue weighted by Crippen LogP contribution is 2.13. The third kappa shape index (κ3) is 11.8. The number of allylic oxidation sites excluding steroid dienone is 1. The lowest BCUT2D eigenvalue weighted by Crippen LogP contribution is -2.39. The summed E-state index contributed by atoms with van der Waals surface area (Å²) < 4.78 is 19.6. The van der Waals surface area contributed by atoms with Crippen molar-refractivity contribution in [2.24, 2.45) is 0 Å². The van der Waals surface area contributed by atoms with Gasteiger partial charge < -0.3 is 14.6 Å². The van der Waals surface area contributed by atoms with Crippen molar-refractivity contribution in [3.05, 3.63) is 11.8 Å². The first kappa shape index (κ1) is 22.7. The monoisotopic (exact) mass is 366 g/mol. The lowest BCUT2D eigenvalue weighted by atomic mass is 10.2. The van der Waals surface area contributed by atoms with Crippen LogP contribution >= 0.6 is 11.6 Å². The Morgan fingerprint density at radius 3 is 2.57 bits per heavy atom. The lowest BCUT2D eigenvalue weighted by molar-refractivity contribution is -0.120. The van der Waals surface area contributed by atoms with E-state index in [0.717, 1.165) is 19.3 Å². The molecule has 0 radical (unpaired) electrons. The standard InChI is InChI=1S/C16H31ClN2O3S/c1-6-13(17)11-14(12-22-5)19-15(20)9-7-8-10-18-23(21)16(2,3)4/h11,13,18H,6-10,12H2,1-5H3,(H,19,20)/b14-11+. The highest BCUT2D eigenvalue weighted by atomic mass is 35.5. The molecular formula is C16H31ClN2O3S. The average molecular weight is 367 g/mol. The van der Waals surface area contributed by atoms with Crippen LogP contribution in [-0.2, 0) is 20.9 Å². The molecule has 7 heteroatoms. The molecule has 136 valence electrons. The molecule has 0 aromatic carbocycles. The summed E-state index contributed by atoms with van der Waals surface area (Å²) in [6.45, 7) is 8.72. The van der Waals surface area contributed by atoms with Crippen molar-refractivity contribution in [1.29, 1.82) is 0 Å². The van der Waals surface area contributed by atoms with E-state index in [1.54, 1.807) is 7.11 Å². The number of hydrogen-bond donors (Lipinski definition) is 2. The number of nitrogens with one attached hydrogen (secondary N) is 2. The number of carbonyl (C=O) groups excluding carboxylic acids is 1. The Hall–Kier alpha value is -0.270. The van der Waals surface area contributed by atoms with Gasteiger partial charge in [0.25, 0.3) is 0 Å². The van der Waals surface area contributed by atoms with Gasteiger partial charge in [-0.1, -0.05) is 6.92 Å². The molecule has 0 heterocycles. The summed E-state index contributed by atoms with van der Waals surface area (Å²) in [6, 6.07) is 0. The Morgan fingerprint density at radius 2 is 2.04 bits per heavy atom. The van der Waals surface area contributed by atoms with Crippen LogP contribution in [0.5, 0.6) is 0 Å². The van der Waals surface area contributed by atoms with E-state index in [0.29, 0.717) is 25.3 Å². The number of halogens is 1. The molecule has 1 amide bonds. The molecule has 0 saturated carbocycles. The van der Waals surface area contributed by atoms with Crippen molar-refractivity contribution in [3.8, 4) is 0 Å². The smallest absolute Gasteiger partial charge is 0.224 e. The zero-order valence-corrected chi connectivity index (χ0v) is 16.5. The number of ether oxygens (including phenoxy) is 1. The summed E-state index contributed by atoms with van der Waals surface area (Å²) in [5.74, 6) is -0.0507. The summed E-state index contributed by atoms with van der Waals surface area (Å²) in [4.78, 5) is 11.9. The van der Waals surface area contributed by atoms with Crippen LogP contribution in [-0.4, -0.2) is 40.8 Å². The average Bonchev–Trinajstić information content (AvgIpc) is 2.45. The number of alkyl halides is 1. The van der Waals surface area contributed by atoms with Crippen molar-refractivity contribution in [3.63, 3.8) is 0 Å². The van der Waals surface area contributed by atoms with Crippen molar-refractivity contribution >= 4 is 28.9 Å². The molecule has 2 N–H and O–H groups in total. The van der Waals surface area contributed by atoms with Crippen LogP contribution < -0.4 is 10.0 Å². The molecule has 0 spiro atoms. The fourth-order valence-electron chi connectivity index (χ4n) is 1.65. The topological polar surface area (TPSA) is 73.4 Å². The third-order valence-corrected chi connectivity index (χ3v) is 5.01. The van der Waals surface area contributed by atoms with E-state index in [2.05, 4.69) is 10.0 Å². The Kier molecular flexibility index (Phi) is 12.0. The highest BCUT2D eigenvalue weighted by molar-refractivity contribution is 7.90. The quantitative estimate of drug-likeness (QED) is 0.335. The van der Waals surface area contributed by atoms with Gasteiger partial charge in [-0.3, -0.25) is 4.79 Å². The second kappa shape index (κ2) is 12.1. The maximum Gasteiger partial charge on any atom is 0.224 e. The van der Waals surface area contributed by atoms with Gasteiger partial charge in [0.05, 0.1) is 12.0 Å². The maximum absolute atomic E-state index is 11.9. The van der Waals surface area contributed by atoms with Crippen LogP contribution in [0.2, 0.25) is 0 Å². The van der Waals surface area contributed by atoms with E-state index in [4.69, 9.17) is 16.3 Å². The fourth-order valence-corrected chi connectivity index (χ4v) is 2.57. The molecule has 23 heavy (non-hydrogen) atoms. The lowest BCUT2D eigenvalue weighted by Gasteiger charge is -2.23. The summed E-state index contributed by atoms with van der Waals surface area (Å²) in [5, 5.41) is 2.73. The summed E-state index contributed by atoms with van der Waals surface area (Å²) in [5.41, 5.74) is 0.700. The summed E-state index contributed by atoms with van der Waals surface area (Å²) in [7, 11) is 1.58. The molecule has 0 aliphatic carbocycles. The molecule has 0 aromatic heterocycles. The van der Waals surface area contributed by atoms with E-state index in [1.165, 1.54) is 0 Å². The molecule has 0 fully saturated rings. The van der Waals surface area contributed by atoms with Crippen LogP contribution in [0.1, 0.15) is 53.4 Å². The van der Waals surface area contributed by atoms with Gasteiger partial charge in [-0.2, -0.15) is 0 Å². The van der Waals surface area contributed by atoms with Crippen molar-refractivity contribution in [2.75, 3.05) is 20.3 Å². The molecule has 0 bridgehead atoms. The zero-order valence-electron chi connectivity index (χ0n) is 14.9. The minimum Gasteiger partial charge on any atom is -0.598 e. The number of rotatable bonds is 11. The van der Waals surface area contributed by atoms with E-state index in [9.17, 15) is 9.35 Å². The van der Waals surface area contributed by atoms with E-state index in [-0.39, 0.29) is 16.0 Å². The van der Waals surface area contributed by atoms with Gasteiger partial charge in [0.2, 0.25) is 5.91 Å². The summed E-state index contributed by atoms with van der Waals surface area (Å²) in [6.07, 6.45) is 4.56. The molecule has 0 aliphatic rings. The Balaban J connectivity index is 4.03. The molecule has 0 rings (SSSR count). The first-order valence-corrected chi connectivity index (χ1v) is 9.58. The predicted molar refractivity (Wildman–Crippen MR) is 97.8 cm³/mol. The number of hydrogen-bond acceptors (Lipinski definition) is 4. The number of carbonyl (C=O) groups is 1. The van der Waals surface area contributed by atoms with Gasteiger partial charge in [0.15, 0.2) is 0 Å². The SMILES string of the molecule is CCC(Cl)/C=C(\COC)NC(=O)CCCCN[S+]([O-])C(C)(C)C. The molecular weight excluding hydrogens is 336 g/mol. The summed E-state index contributed by atoms with van der Waals surface area (Å²) >= 11 is 5.01. The van der Waals surface area contributed by atoms with Gasteiger partial charge in [0.1, 0.15) is 4.75 Å². The van der Waals surface area contributed by atoms with Crippen LogP contribution in [0.3, 0.4) is 0 Å². The predicted octanol–water partition coefficient (Wildman–Crippen LogP) is 2.87. The number of methoxy groups -OCH3 is 1. The van der Waals surface area contributed by atoms with Crippen molar-refractivity contribution in [1.82, 2.24) is 10.0 Å². The van der Waals surface area contributed by atoms with E-state index in [1.807, 2.05) is 33.8 Å². The second-order valence-electron chi connectivity index (χ2n) is 6.33. The molecule has 0 aromatic rings. The first-order chi connectivity index (χ1) is 10.7.